The summed E-state index contributed by atoms with van der Waals surface area (Å²) in [5.41, 5.74) is 1.68. The molecule has 0 spiro atoms. The molecular formula is C16H25ClN2O2. The molecule has 0 heterocycles. The van der Waals surface area contributed by atoms with Gasteiger partial charge in [-0.05, 0) is 37.5 Å². The van der Waals surface area contributed by atoms with Gasteiger partial charge in [0, 0.05) is 23.3 Å². The highest BCUT2D eigenvalue weighted by molar-refractivity contribution is 6.31. The number of aryl methyl sites for hydroxylation is 1. The van der Waals surface area contributed by atoms with Crippen LogP contribution in [0.5, 0.6) is 0 Å². The largest absolute Gasteiger partial charge is 0.395 e. The van der Waals surface area contributed by atoms with Crippen LogP contribution < -0.4 is 5.32 Å². The minimum atomic E-state index is -0.0877. The second-order valence-electron chi connectivity index (χ2n) is 5.18. The van der Waals surface area contributed by atoms with Gasteiger partial charge in [-0.3, -0.25) is 9.69 Å². The summed E-state index contributed by atoms with van der Waals surface area (Å²) in [5, 5.41) is 12.6. The number of carbonyl (C=O) groups excluding carboxylic acids is 1. The highest BCUT2D eigenvalue weighted by Gasteiger charge is 2.17. The minimum absolute atomic E-state index is 0.0557. The highest BCUT2D eigenvalue weighted by atomic mass is 35.5. The van der Waals surface area contributed by atoms with E-state index in [1.807, 2.05) is 24.0 Å². The number of nitrogens with zero attached hydrogens (tertiary/aromatic N) is 1. The Balaban J connectivity index is 2.66. The molecule has 0 aromatic heterocycles. The van der Waals surface area contributed by atoms with Gasteiger partial charge in [-0.25, -0.2) is 0 Å². The smallest absolute Gasteiger partial charge is 0.238 e. The van der Waals surface area contributed by atoms with Crippen LogP contribution in [-0.2, 0) is 4.79 Å². The maximum Gasteiger partial charge on any atom is 0.238 e. The maximum absolute atomic E-state index is 12.2. The number of aliphatic hydroxyl groups is 1. The van der Waals surface area contributed by atoms with Crippen LogP contribution in [0.15, 0.2) is 18.2 Å². The quantitative estimate of drug-likeness (QED) is 0.775. The van der Waals surface area contributed by atoms with Crippen LogP contribution in [0.2, 0.25) is 5.02 Å². The SMILES string of the molecule is CCC(CC)N(CCO)CC(=O)Nc1ccc(C)c(Cl)c1. The average molecular weight is 313 g/mol. The van der Waals surface area contributed by atoms with E-state index in [-0.39, 0.29) is 19.1 Å². The molecule has 0 aliphatic rings. The first-order valence-corrected chi connectivity index (χ1v) is 7.80. The molecule has 0 unspecified atom stereocenters. The van der Waals surface area contributed by atoms with Crippen molar-refractivity contribution in [3.8, 4) is 0 Å². The first kappa shape index (κ1) is 18.0. The summed E-state index contributed by atoms with van der Waals surface area (Å²) < 4.78 is 0. The zero-order valence-electron chi connectivity index (χ0n) is 13.0. The Morgan fingerprint density at radius 3 is 2.57 bits per heavy atom. The van der Waals surface area contributed by atoms with Gasteiger partial charge in [-0.2, -0.15) is 0 Å². The molecule has 1 aromatic rings. The summed E-state index contributed by atoms with van der Waals surface area (Å²) in [6.07, 6.45) is 1.92. The van der Waals surface area contributed by atoms with Gasteiger partial charge in [0.15, 0.2) is 0 Å². The van der Waals surface area contributed by atoms with Crippen molar-refractivity contribution in [3.05, 3.63) is 28.8 Å². The van der Waals surface area contributed by atoms with Crippen molar-refractivity contribution in [1.82, 2.24) is 4.90 Å². The third kappa shape index (κ3) is 5.65. The van der Waals surface area contributed by atoms with Crippen LogP contribution in [-0.4, -0.2) is 41.7 Å². The number of anilines is 1. The summed E-state index contributed by atoms with van der Waals surface area (Å²) in [6.45, 7) is 6.95. The van der Waals surface area contributed by atoms with Gasteiger partial charge in [-0.15, -0.1) is 0 Å². The van der Waals surface area contributed by atoms with Crippen molar-refractivity contribution in [3.63, 3.8) is 0 Å². The van der Waals surface area contributed by atoms with Crippen molar-refractivity contribution in [1.29, 1.82) is 0 Å². The van der Waals surface area contributed by atoms with E-state index < -0.39 is 0 Å². The summed E-state index contributed by atoms with van der Waals surface area (Å²) in [7, 11) is 0. The Bertz CT molecular complexity index is 462. The monoisotopic (exact) mass is 312 g/mol. The first-order chi connectivity index (χ1) is 10.0. The molecule has 21 heavy (non-hydrogen) atoms. The number of benzene rings is 1. The van der Waals surface area contributed by atoms with Crippen molar-refractivity contribution in [2.75, 3.05) is 25.0 Å². The zero-order valence-corrected chi connectivity index (χ0v) is 13.8. The molecule has 0 bridgehead atoms. The molecule has 1 amide bonds. The lowest BCUT2D eigenvalue weighted by atomic mass is 10.1. The highest BCUT2D eigenvalue weighted by Crippen LogP contribution is 2.20. The third-order valence-electron chi connectivity index (χ3n) is 3.65. The van der Waals surface area contributed by atoms with Gasteiger partial charge in [0.25, 0.3) is 0 Å². The predicted molar refractivity (Wildman–Crippen MR) is 87.8 cm³/mol. The number of halogens is 1. The molecule has 0 saturated heterocycles. The number of hydrogen-bond donors (Lipinski definition) is 2. The van der Waals surface area contributed by atoms with E-state index in [9.17, 15) is 4.79 Å². The molecule has 5 heteroatoms. The Labute approximate surface area is 132 Å². The molecule has 1 rings (SSSR count). The number of amides is 1. The molecule has 2 N–H and O–H groups in total. The van der Waals surface area contributed by atoms with Crippen molar-refractivity contribution < 1.29 is 9.90 Å². The van der Waals surface area contributed by atoms with Crippen LogP contribution in [0.1, 0.15) is 32.3 Å². The number of hydrogen-bond acceptors (Lipinski definition) is 3. The van der Waals surface area contributed by atoms with Gasteiger partial charge < -0.3 is 10.4 Å². The van der Waals surface area contributed by atoms with Crippen molar-refractivity contribution in [2.24, 2.45) is 0 Å². The van der Waals surface area contributed by atoms with E-state index in [1.54, 1.807) is 6.07 Å². The molecule has 0 radical (unpaired) electrons. The Morgan fingerprint density at radius 1 is 1.38 bits per heavy atom. The molecular weight excluding hydrogens is 288 g/mol. The molecule has 0 aliphatic carbocycles. The van der Waals surface area contributed by atoms with Crippen LogP contribution in [0.3, 0.4) is 0 Å². The van der Waals surface area contributed by atoms with Gasteiger partial charge >= 0.3 is 0 Å². The lowest BCUT2D eigenvalue weighted by molar-refractivity contribution is -0.118. The lowest BCUT2D eigenvalue weighted by Crippen LogP contribution is -2.42. The fourth-order valence-electron chi connectivity index (χ4n) is 2.38. The van der Waals surface area contributed by atoms with Gasteiger partial charge in [0.2, 0.25) is 5.91 Å². The minimum Gasteiger partial charge on any atom is -0.395 e. The van der Waals surface area contributed by atoms with Crippen LogP contribution in [0.4, 0.5) is 5.69 Å². The van der Waals surface area contributed by atoms with E-state index in [4.69, 9.17) is 16.7 Å². The van der Waals surface area contributed by atoms with E-state index in [0.717, 1.165) is 18.4 Å². The number of rotatable bonds is 8. The lowest BCUT2D eigenvalue weighted by Gasteiger charge is -2.29. The normalized spacial score (nSPS) is 11.2. The fourth-order valence-corrected chi connectivity index (χ4v) is 2.56. The van der Waals surface area contributed by atoms with Crippen molar-refractivity contribution >= 4 is 23.2 Å². The van der Waals surface area contributed by atoms with Crippen LogP contribution in [0, 0.1) is 6.92 Å². The van der Waals surface area contributed by atoms with Gasteiger partial charge in [0.1, 0.15) is 0 Å². The van der Waals surface area contributed by atoms with Crippen molar-refractivity contribution in [2.45, 2.75) is 39.7 Å². The first-order valence-electron chi connectivity index (χ1n) is 7.42. The second-order valence-corrected chi connectivity index (χ2v) is 5.58. The summed E-state index contributed by atoms with van der Waals surface area (Å²) in [6, 6.07) is 5.78. The molecule has 1 aromatic carbocycles. The van der Waals surface area contributed by atoms with Gasteiger partial charge in [-0.1, -0.05) is 31.5 Å². The fraction of sp³-hybridized carbons (Fsp3) is 0.562. The standard InChI is InChI=1S/C16H25ClN2O2/c1-4-14(5-2)19(8-9-20)11-16(21)18-13-7-6-12(3)15(17)10-13/h6-7,10,14,20H,4-5,8-9,11H2,1-3H3,(H,18,21). The maximum atomic E-state index is 12.2. The molecule has 0 atom stereocenters. The molecule has 4 nitrogen and oxygen atoms in total. The van der Waals surface area contributed by atoms with E-state index >= 15 is 0 Å². The summed E-state index contributed by atoms with van der Waals surface area (Å²) in [5.74, 6) is -0.0877. The Hall–Kier alpha value is -1.10. The van der Waals surface area contributed by atoms with Crippen LogP contribution in [0.25, 0.3) is 0 Å². The molecule has 0 fully saturated rings. The third-order valence-corrected chi connectivity index (χ3v) is 4.06. The summed E-state index contributed by atoms with van der Waals surface area (Å²) >= 11 is 6.05. The molecule has 0 saturated carbocycles. The molecule has 0 aliphatic heterocycles. The number of aliphatic hydroxyl groups excluding tert-OH is 1. The zero-order chi connectivity index (χ0) is 15.8. The van der Waals surface area contributed by atoms with E-state index in [0.29, 0.717) is 23.3 Å². The average Bonchev–Trinajstić information content (AvgIpc) is 2.44. The Kier molecular flexibility index (Phi) is 7.72. The number of carbonyl (C=O) groups is 1. The van der Waals surface area contributed by atoms with Gasteiger partial charge in [0.05, 0.1) is 13.2 Å². The topological polar surface area (TPSA) is 52.6 Å². The molecule has 118 valence electrons. The van der Waals surface area contributed by atoms with E-state index in [2.05, 4.69) is 19.2 Å². The summed E-state index contributed by atoms with van der Waals surface area (Å²) in [4.78, 5) is 14.2. The predicted octanol–water partition coefficient (Wildman–Crippen LogP) is 3.07. The second kappa shape index (κ2) is 9.03. The Morgan fingerprint density at radius 2 is 2.05 bits per heavy atom. The van der Waals surface area contributed by atoms with E-state index in [1.165, 1.54) is 0 Å². The van der Waals surface area contributed by atoms with Crippen LogP contribution >= 0.6 is 11.6 Å². The number of nitrogens with one attached hydrogen (secondary N) is 1.